The van der Waals surface area contributed by atoms with Crippen LogP contribution in [0.25, 0.3) is 0 Å². The molecule has 1 aliphatic carbocycles. The molecule has 2 heterocycles. The fourth-order valence-corrected chi connectivity index (χ4v) is 4.34. The Kier molecular flexibility index (Phi) is 8.15. The van der Waals surface area contributed by atoms with Crippen molar-refractivity contribution in [3.05, 3.63) is 74.1 Å². The molecule has 1 atom stereocenters. The van der Waals surface area contributed by atoms with Gasteiger partial charge in [0.15, 0.2) is 11.6 Å². The van der Waals surface area contributed by atoms with Gasteiger partial charge in [-0.2, -0.15) is 0 Å². The molecule has 3 N–H and O–H groups in total. The summed E-state index contributed by atoms with van der Waals surface area (Å²) in [7, 11) is 1.63. The molecule has 2 aromatic heterocycles. The summed E-state index contributed by atoms with van der Waals surface area (Å²) in [5, 5.41) is 14.8. The van der Waals surface area contributed by atoms with Gasteiger partial charge in [0.1, 0.15) is 5.60 Å². The van der Waals surface area contributed by atoms with E-state index in [-0.39, 0.29) is 12.3 Å². The Morgan fingerprint density at radius 2 is 2.03 bits per heavy atom. The van der Waals surface area contributed by atoms with E-state index < -0.39 is 22.7 Å². The number of rotatable bonds is 14. The molecule has 0 saturated heterocycles. The van der Waals surface area contributed by atoms with Crippen molar-refractivity contribution in [1.82, 2.24) is 19.3 Å². The summed E-state index contributed by atoms with van der Waals surface area (Å²) < 4.78 is 28.7. The van der Waals surface area contributed by atoms with Crippen LogP contribution in [0.5, 0.6) is 5.75 Å². The van der Waals surface area contributed by atoms with Crippen LogP contribution < -0.4 is 16.0 Å². The third-order valence-electron chi connectivity index (χ3n) is 6.84. The average Bonchev–Trinajstić information content (AvgIpc) is 3.68. The van der Waals surface area contributed by atoms with Gasteiger partial charge in [-0.15, -0.1) is 0 Å². The van der Waals surface area contributed by atoms with Crippen LogP contribution in [0, 0.1) is 11.7 Å². The fourth-order valence-electron chi connectivity index (χ4n) is 4.34. The van der Waals surface area contributed by atoms with Crippen LogP contribution in [0.2, 0.25) is 0 Å². The van der Waals surface area contributed by atoms with Crippen molar-refractivity contribution in [2.45, 2.75) is 70.7 Å². The molecule has 36 heavy (non-hydrogen) atoms. The van der Waals surface area contributed by atoms with Crippen LogP contribution in [0.3, 0.4) is 0 Å². The fraction of sp³-hybridized carbons (Fsp3) is 0.538. The zero-order valence-electron chi connectivity index (χ0n) is 20.9. The second-order valence-corrected chi connectivity index (χ2v) is 9.60. The zero-order chi connectivity index (χ0) is 25.7. The van der Waals surface area contributed by atoms with Gasteiger partial charge >= 0.3 is 5.69 Å². The Labute approximate surface area is 208 Å². The van der Waals surface area contributed by atoms with Crippen LogP contribution >= 0.6 is 0 Å². The number of aromatic nitrogens is 4. The molecule has 3 aromatic rings. The van der Waals surface area contributed by atoms with Gasteiger partial charge in [0.2, 0.25) is 0 Å². The molecule has 0 amide bonds. The SMILES string of the molecule is CC[C@@](O)(Cn1[nH]c(COC)c1CCCCn1ccc(=O)[nH]c1=O)c1ccc(F)c(OCC2CC2)c1. The van der Waals surface area contributed by atoms with Crippen LogP contribution in [-0.4, -0.2) is 38.2 Å². The first-order chi connectivity index (χ1) is 17.3. The molecule has 1 aliphatic rings. The highest BCUT2D eigenvalue weighted by Gasteiger charge is 2.31. The molecule has 0 spiro atoms. The van der Waals surface area contributed by atoms with E-state index in [1.54, 1.807) is 19.2 Å². The first-order valence-corrected chi connectivity index (χ1v) is 12.5. The second-order valence-electron chi connectivity index (χ2n) is 9.60. The molecule has 0 aliphatic heterocycles. The molecule has 1 fully saturated rings. The summed E-state index contributed by atoms with van der Waals surface area (Å²) in [5.41, 5.74) is 0.547. The number of ether oxygens (including phenoxy) is 2. The van der Waals surface area contributed by atoms with Gasteiger partial charge in [-0.25, -0.2) is 9.18 Å². The average molecular weight is 503 g/mol. The zero-order valence-corrected chi connectivity index (χ0v) is 20.9. The number of hydrogen-bond donors (Lipinski definition) is 3. The van der Waals surface area contributed by atoms with Crippen molar-refractivity contribution < 1.29 is 19.0 Å². The number of nitrogens with zero attached hydrogens (tertiary/aromatic N) is 2. The molecule has 0 unspecified atom stereocenters. The first kappa shape index (κ1) is 26.0. The highest BCUT2D eigenvalue weighted by atomic mass is 19.1. The van der Waals surface area contributed by atoms with E-state index in [4.69, 9.17) is 9.47 Å². The number of aryl methyl sites for hydroxylation is 1. The number of aliphatic hydroxyl groups is 1. The third-order valence-corrected chi connectivity index (χ3v) is 6.84. The second kappa shape index (κ2) is 11.3. The van der Waals surface area contributed by atoms with Crippen LogP contribution in [-0.2, 0) is 36.5 Å². The van der Waals surface area contributed by atoms with Crippen LogP contribution in [0.15, 0.2) is 40.1 Å². The van der Waals surface area contributed by atoms with Gasteiger partial charge in [-0.05, 0) is 62.1 Å². The molecule has 10 heteroatoms. The van der Waals surface area contributed by atoms with Gasteiger partial charge in [0.05, 0.1) is 31.1 Å². The lowest BCUT2D eigenvalue weighted by atomic mass is 9.90. The molecule has 4 rings (SSSR count). The normalized spacial score (nSPS) is 15.2. The lowest BCUT2D eigenvalue weighted by Crippen LogP contribution is -2.36. The Morgan fingerprint density at radius 1 is 1.22 bits per heavy atom. The number of hydrogen-bond acceptors (Lipinski definition) is 5. The Morgan fingerprint density at radius 3 is 2.72 bits per heavy atom. The molecule has 196 valence electrons. The van der Waals surface area contributed by atoms with Gasteiger partial charge < -0.3 is 19.1 Å². The highest BCUT2D eigenvalue weighted by molar-refractivity contribution is 5.34. The molecule has 0 radical (unpaired) electrons. The third kappa shape index (κ3) is 6.17. The summed E-state index contributed by atoms with van der Waals surface area (Å²) in [4.78, 5) is 25.4. The Bertz CT molecular complexity index is 1270. The van der Waals surface area contributed by atoms with E-state index in [0.29, 0.717) is 37.7 Å². The lowest BCUT2D eigenvalue weighted by Gasteiger charge is -2.33. The van der Waals surface area contributed by atoms with Crippen molar-refractivity contribution in [1.29, 1.82) is 0 Å². The van der Waals surface area contributed by atoms with Crippen molar-refractivity contribution in [2.75, 3.05) is 13.7 Å². The van der Waals surface area contributed by atoms with Gasteiger partial charge in [-0.3, -0.25) is 19.6 Å². The number of benzene rings is 1. The van der Waals surface area contributed by atoms with Crippen molar-refractivity contribution in [3.63, 3.8) is 0 Å². The summed E-state index contributed by atoms with van der Waals surface area (Å²) >= 11 is 0. The maximum atomic E-state index is 14.3. The number of aromatic amines is 2. The predicted octanol–water partition coefficient (Wildman–Crippen LogP) is 3.06. The highest BCUT2D eigenvalue weighted by Crippen LogP contribution is 2.34. The van der Waals surface area contributed by atoms with E-state index >= 15 is 0 Å². The number of halogens is 1. The van der Waals surface area contributed by atoms with E-state index in [9.17, 15) is 19.1 Å². The summed E-state index contributed by atoms with van der Waals surface area (Å²) in [5.74, 6) is 0.249. The molecule has 9 nitrogen and oxygen atoms in total. The topological polar surface area (TPSA) is 114 Å². The maximum absolute atomic E-state index is 14.3. The van der Waals surface area contributed by atoms with Crippen LogP contribution in [0.1, 0.15) is 56.0 Å². The number of nitrogens with one attached hydrogen (secondary N) is 2. The smallest absolute Gasteiger partial charge is 0.328 e. The van der Waals surface area contributed by atoms with E-state index in [1.165, 1.54) is 22.9 Å². The van der Waals surface area contributed by atoms with E-state index in [1.807, 2.05) is 11.6 Å². The minimum absolute atomic E-state index is 0.177. The standard InChI is InChI=1S/C26H35FN4O5/c1-3-26(34,19-9-10-20(27)23(14-19)36-15-18-7-8-18)17-31-22(21(29-31)16-35-2)6-4-5-12-30-13-11-24(32)28-25(30)33/h9-11,13-14,18,29,34H,3-8,12,15-17H2,1-2H3,(H,28,32,33)/t26-/m1/s1. The van der Waals surface area contributed by atoms with E-state index in [2.05, 4.69) is 10.1 Å². The van der Waals surface area contributed by atoms with Crippen molar-refractivity contribution >= 4 is 0 Å². The van der Waals surface area contributed by atoms with Gasteiger partial charge in [-0.1, -0.05) is 13.0 Å². The minimum Gasteiger partial charge on any atom is -0.490 e. The monoisotopic (exact) mass is 502 g/mol. The largest absolute Gasteiger partial charge is 0.490 e. The Hall–Kier alpha value is -3.11. The van der Waals surface area contributed by atoms with Crippen LogP contribution in [0.4, 0.5) is 4.39 Å². The summed E-state index contributed by atoms with van der Waals surface area (Å²) in [6.45, 7) is 3.59. The summed E-state index contributed by atoms with van der Waals surface area (Å²) in [6.07, 6.45) is 6.42. The molecule has 1 saturated carbocycles. The maximum Gasteiger partial charge on any atom is 0.328 e. The Balaban J connectivity index is 1.43. The lowest BCUT2D eigenvalue weighted by molar-refractivity contribution is 0.00649. The van der Waals surface area contributed by atoms with E-state index in [0.717, 1.165) is 43.5 Å². The van der Waals surface area contributed by atoms with Gasteiger partial charge in [0.25, 0.3) is 5.56 Å². The number of methoxy groups -OCH3 is 1. The van der Waals surface area contributed by atoms with Crippen molar-refractivity contribution in [2.24, 2.45) is 5.92 Å². The molecule has 0 bridgehead atoms. The first-order valence-electron chi connectivity index (χ1n) is 12.5. The molecule has 1 aromatic carbocycles. The number of unbranched alkanes of at least 4 members (excludes halogenated alkanes) is 1. The predicted molar refractivity (Wildman–Crippen MR) is 133 cm³/mol. The summed E-state index contributed by atoms with van der Waals surface area (Å²) in [6, 6.07) is 5.92. The molecular formula is C26H35FN4O5. The van der Waals surface area contributed by atoms with Gasteiger partial charge in [0, 0.05) is 25.9 Å². The minimum atomic E-state index is -1.22. The quantitative estimate of drug-likeness (QED) is 0.293. The number of H-pyrrole nitrogens is 2. The molecular weight excluding hydrogens is 467 g/mol. The van der Waals surface area contributed by atoms with Crippen molar-refractivity contribution in [3.8, 4) is 5.75 Å².